The van der Waals surface area contributed by atoms with Gasteiger partial charge >= 0.3 is 0 Å². The summed E-state index contributed by atoms with van der Waals surface area (Å²) < 4.78 is 13.8. The van der Waals surface area contributed by atoms with Crippen molar-refractivity contribution in [2.24, 2.45) is 0 Å². The SMILES string of the molecule is COc1ccc(-c2nn(-c3ccccc3)cc2/C=C/C(=O)Nc2ccc(-c3nc4ccccc4s3)cc2)cc1OC. The van der Waals surface area contributed by atoms with Crippen molar-refractivity contribution in [3.8, 4) is 39.0 Å². The number of ether oxygens (including phenoxy) is 2. The van der Waals surface area contributed by atoms with Gasteiger partial charge in [-0.2, -0.15) is 5.10 Å². The molecule has 2 aromatic heterocycles. The van der Waals surface area contributed by atoms with Crippen LogP contribution >= 0.6 is 11.3 Å². The zero-order valence-corrected chi connectivity index (χ0v) is 23.3. The van der Waals surface area contributed by atoms with Crippen molar-refractivity contribution in [3.05, 3.63) is 115 Å². The molecule has 1 amide bonds. The number of amides is 1. The smallest absolute Gasteiger partial charge is 0.248 e. The van der Waals surface area contributed by atoms with E-state index >= 15 is 0 Å². The molecule has 2 heterocycles. The Hall–Kier alpha value is -5.21. The van der Waals surface area contributed by atoms with E-state index in [4.69, 9.17) is 19.6 Å². The van der Waals surface area contributed by atoms with Gasteiger partial charge in [0.05, 0.1) is 30.1 Å². The van der Waals surface area contributed by atoms with Gasteiger partial charge in [-0.15, -0.1) is 11.3 Å². The number of thiazole rings is 1. The molecule has 0 radical (unpaired) electrons. The minimum atomic E-state index is -0.247. The van der Waals surface area contributed by atoms with E-state index in [2.05, 4.69) is 11.4 Å². The highest BCUT2D eigenvalue weighted by atomic mass is 32.1. The Morgan fingerprint density at radius 2 is 1.59 bits per heavy atom. The van der Waals surface area contributed by atoms with Gasteiger partial charge in [-0.1, -0.05) is 30.3 Å². The summed E-state index contributed by atoms with van der Waals surface area (Å²) in [7, 11) is 3.20. The number of anilines is 1. The van der Waals surface area contributed by atoms with E-state index in [9.17, 15) is 4.79 Å². The number of carbonyl (C=O) groups is 1. The summed E-state index contributed by atoms with van der Waals surface area (Å²) in [5, 5.41) is 8.72. The number of hydrogen-bond acceptors (Lipinski definition) is 6. The third-order valence-electron chi connectivity index (χ3n) is 6.53. The number of carbonyl (C=O) groups excluding carboxylic acids is 1. The lowest BCUT2D eigenvalue weighted by Gasteiger charge is -2.09. The number of nitrogens with one attached hydrogen (secondary N) is 1. The standard InChI is InChI=1S/C33H26N4O3S/c1-39-28-18-14-23(20-29(28)40-2)32-24(21-37(36-32)26-8-4-3-5-9-26)15-19-31(38)34-25-16-12-22(13-17-25)33-35-27-10-6-7-11-30(27)41-33/h3-21H,1-2H3,(H,34,38)/b19-15+. The first-order valence-electron chi connectivity index (χ1n) is 12.9. The van der Waals surface area contributed by atoms with Crippen LogP contribution < -0.4 is 14.8 Å². The normalized spacial score (nSPS) is 11.2. The molecule has 6 aromatic rings. The minimum absolute atomic E-state index is 0.247. The highest BCUT2D eigenvalue weighted by Gasteiger charge is 2.14. The Labute approximate surface area is 241 Å². The second-order valence-electron chi connectivity index (χ2n) is 9.17. The van der Waals surface area contributed by atoms with Gasteiger partial charge in [0.25, 0.3) is 0 Å². The van der Waals surface area contributed by atoms with Crippen LogP contribution in [-0.4, -0.2) is 34.9 Å². The lowest BCUT2D eigenvalue weighted by atomic mass is 10.1. The molecule has 8 heteroatoms. The van der Waals surface area contributed by atoms with Crippen LogP contribution in [0.1, 0.15) is 5.56 Å². The van der Waals surface area contributed by atoms with Gasteiger partial charge in [0.2, 0.25) is 5.91 Å². The third-order valence-corrected chi connectivity index (χ3v) is 7.61. The van der Waals surface area contributed by atoms with Gasteiger partial charge in [0.1, 0.15) is 10.7 Å². The van der Waals surface area contributed by atoms with Crippen LogP contribution in [0, 0.1) is 0 Å². The molecule has 202 valence electrons. The second kappa shape index (κ2) is 11.5. The van der Waals surface area contributed by atoms with Gasteiger partial charge < -0.3 is 14.8 Å². The van der Waals surface area contributed by atoms with Gasteiger partial charge in [0, 0.05) is 34.7 Å². The molecule has 0 aliphatic rings. The maximum absolute atomic E-state index is 12.9. The first kappa shape index (κ1) is 26.0. The van der Waals surface area contributed by atoms with Gasteiger partial charge in [-0.25, -0.2) is 9.67 Å². The molecule has 4 aromatic carbocycles. The first-order valence-corrected chi connectivity index (χ1v) is 13.8. The average molecular weight is 559 g/mol. The fourth-order valence-corrected chi connectivity index (χ4v) is 5.44. The van der Waals surface area contributed by atoms with Crippen molar-refractivity contribution in [2.75, 3.05) is 19.5 Å². The quantitative estimate of drug-likeness (QED) is 0.196. The monoisotopic (exact) mass is 558 g/mol. The third kappa shape index (κ3) is 5.59. The predicted octanol–water partition coefficient (Wildman–Crippen LogP) is 7.49. The van der Waals surface area contributed by atoms with E-state index in [1.807, 2.05) is 97.2 Å². The van der Waals surface area contributed by atoms with E-state index < -0.39 is 0 Å². The molecule has 7 nitrogen and oxygen atoms in total. The number of hydrogen-bond donors (Lipinski definition) is 1. The number of methoxy groups -OCH3 is 2. The molecule has 6 rings (SSSR count). The van der Waals surface area contributed by atoms with Crippen molar-refractivity contribution in [3.63, 3.8) is 0 Å². The molecule has 0 atom stereocenters. The van der Waals surface area contributed by atoms with Gasteiger partial charge in [-0.05, 0) is 72.8 Å². The summed E-state index contributed by atoms with van der Waals surface area (Å²) in [6.07, 6.45) is 5.18. The number of para-hydroxylation sites is 2. The molecule has 0 aliphatic heterocycles. The fourth-order valence-electron chi connectivity index (χ4n) is 4.47. The van der Waals surface area contributed by atoms with Crippen LogP contribution in [0.4, 0.5) is 5.69 Å². The van der Waals surface area contributed by atoms with E-state index in [1.54, 1.807) is 36.3 Å². The van der Waals surface area contributed by atoms with Crippen molar-refractivity contribution in [1.29, 1.82) is 0 Å². The van der Waals surface area contributed by atoms with Crippen LogP contribution in [0.5, 0.6) is 11.5 Å². The molecule has 0 saturated heterocycles. The molecule has 0 bridgehead atoms. The van der Waals surface area contributed by atoms with Crippen LogP contribution in [0.15, 0.2) is 109 Å². The molecule has 1 N–H and O–H groups in total. The Morgan fingerprint density at radius 1 is 0.854 bits per heavy atom. The molecular weight excluding hydrogens is 532 g/mol. The number of rotatable bonds is 8. The molecule has 0 unspecified atom stereocenters. The highest BCUT2D eigenvalue weighted by molar-refractivity contribution is 7.21. The molecule has 41 heavy (non-hydrogen) atoms. The van der Waals surface area contributed by atoms with E-state index in [0.29, 0.717) is 22.9 Å². The summed E-state index contributed by atoms with van der Waals surface area (Å²) in [5.41, 5.74) is 5.92. The summed E-state index contributed by atoms with van der Waals surface area (Å²) >= 11 is 1.65. The van der Waals surface area contributed by atoms with E-state index in [1.165, 1.54) is 6.08 Å². The van der Waals surface area contributed by atoms with Crippen LogP contribution in [0.25, 0.3) is 43.8 Å². The largest absolute Gasteiger partial charge is 0.493 e. The molecular formula is C33H26N4O3S. The zero-order valence-electron chi connectivity index (χ0n) is 22.4. The summed E-state index contributed by atoms with van der Waals surface area (Å²) in [4.78, 5) is 17.6. The lowest BCUT2D eigenvalue weighted by Crippen LogP contribution is -2.07. The number of nitrogens with zero attached hydrogens (tertiary/aromatic N) is 3. The topological polar surface area (TPSA) is 78.3 Å². The first-order chi connectivity index (χ1) is 20.1. The average Bonchev–Trinajstić information content (AvgIpc) is 3.65. The molecule has 0 saturated carbocycles. The maximum Gasteiger partial charge on any atom is 0.248 e. The Bertz CT molecular complexity index is 1820. The number of benzene rings is 4. The zero-order chi connectivity index (χ0) is 28.2. The Morgan fingerprint density at radius 3 is 2.34 bits per heavy atom. The van der Waals surface area contributed by atoms with Gasteiger partial charge in [0.15, 0.2) is 11.5 Å². The number of aromatic nitrogens is 3. The van der Waals surface area contributed by atoms with E-state index in [-0.39, 0.29) is 5.91 Å². The van der Waals surface area contributed by atoms with Crippen molar-refractivity contribution in [1.82, 2.24) is 14.8 Å². The van der Waals surface area contributed by atoms with Crippen LogP contribution in [0.3, 0.4) is 0 Å². The minimum Gasteiger partial charge on any atom is -0.493 e. The lowest BCUT2D eigenvalue weighted by molar-refractivity contribution is -0.111. The van der Waals surface area contributed by atoms with E-state index in [0.717, 1.165) is 37.6 Å². The van der Waals surface area contributed by atoms with Crippen molar-refractivity contribution >= 4 is 39.2 Å². The second-order valence-corrected chi connectivity index (χ2v) is 10.2. The van der Waals surface area contributed by atoms with Crippen molar-refractivity contribution < 1.29 is 14.3 Å². The Kier molecular flexibility index (Phi) is 7.30. The maximum atomic E-state index is 12.9. The predicted molar refractivity (Wildman–Crippen MR) is 165 cm³/mol. The van der Waals surface area contributed by atoms with Gasteiger partial charge in [-0.3, -0.25) is 4.79 Å². The molecule has 0 fully saturated rings. The molecule has 0 aliphatic carbocycles. The number of fused-ring (bicyclic) bond motifs is 1. The summed E-state index contributed by atoms with van der Waals surface area (Å²) in [6, 6.07) is 31.2. The summed E-state index contributed by atoms with van der Waals surface area (Å²) in [6.45, 7) is 0. The van der Waals surface area contributed by atoms with Crippen molar-refractivity contribution in [2.45, 2.75) is 0 Å². The molecule has 0 spiro atoms. The van der Waals surface area contributed by atoms with Crippen LogP contribution in [0.2, 0.25) is 0 Å². The summed E-state index contributed by atoms with van der Waals surface area (Å²) in [5.74, 6) is 0.981. The van der Waals surface area contributed by atoms with Crippen LogP contribution in [-0.2, 0) is 4.79 Å². The Balaban J connectivity index is 1.24. The fraction of sp³-hybridized carbons (Fsp3) is 0.0606. The highest BCUT2D eigenvalue weighted by Crippen LogP contribution is 2.34.